The van der Waals surface area contributed by atoms with Gasteiger partial charge >= 0.3 is 6.03 Å². The Morgan fingerprint density at radius 1 is 1.45 bits per heavy atom. The maximum atomic E-state index is 12.0. The van der Waals surface area contributed by atoms with E-state index in [9.17, 15) is 9.59 Å². The van der Waals surface area contributed by atoms with E-state index in [0.717, 1.165) is 45.4 Å². The van der Waals surface area contributed by atoms with Gasteiger partial charge in [0, 0.05) is 45.7 Å². The Bertz CT molecular complexity index is 361. The van der Waals surface area contributed by atoms with E-state index in [1.165, 1.54) is 0 Å². The van der Waals surface area contributed by atoms with Crippen molar-refractivity contribution in [3.05, 3.63) is 0 Å². The summed E-state index contributed by atoms with van der Waals surface area (Å²) in [7, 11) is 3.95. The minimum Gasteiger partial charge on any atom is -0.343 e. The van der Waals surface area contributed by atoms with Crippen LogP contribution in [0.2, 0.25) is 0 Å². The Hall–Kier alpha value is -1.30. The topological polar surface area (TPSA) is 55.9 Å². The van der Waals surface area contributed by atoms with Crippen molar-refractivity contribution in [3.8, 4) is 0 Å². The Morgan fingerprint density at radius 2 is 2.25 bits per heavy atom. The van der Waals surface area contributed by atoms with Crippen LogP contribution in [0, 0.1) is 0 Å². The Balaban J connectivity index is 1.61. The molecule has 2 heterocycles. The molecule has 0 bridgehead atoms. The van der Waals surface area contributed by atoms with Gasteiger partial charge in [0.2, 0.25) is 5.91 Å². The Kier molecular flexibility index (Phi) is 5.23. The van der Waals surface area contributed by atoms with Crippen LogP contribution < -0.4 is 5.32 Å². The number of carbonyl (C=O) groups excluding carboxylic acids is 2. The molecule has 0 aromatic carbocycles. The molecule has 2 aliphatic heterocycles. The molecule has 1 N–H and O–H groups in total. The number of hydrogen-bond acceptors (Lipinski definition) is 3. The smallest absolute Gasteiger partial charge is 0.317 e. The highest BCUT2D eigenvalue weighted by molar-refractivity contribution is 5.78. The van der Waals surface area contributed by atoms with Crippen LogP contribution >= 0.6 is 0 Å². The van der Waals surface area contributed by atoms with E-state index >= 15 is 0 Å². The van der Waals surface area contributed by atoms with Gasteiger partial charge < -0.3 is 20.0 Å². The monoisotopic (exact) mass is 282 g/mol. The highest BCUT2D eigenvalue weighted by atomic mass is 16.2. The molecule has 0 aliphatic carbocycles. The highest BCUT2D eigenvalue weighted by Gasteiger charge is 2.26. The number of nitrogens with zero attached hydrogens (tertiary/aromatic N) is 3. The molecule has 0 radical (unpaired) electrons. The average Bonchev–Trinajstić information content (AvgIpc) is 3.03. The second-order valence-electron chi connectivity index (χ2n) is 5.89. The van der Waals surface area contributed by atoms with Crippen molar-refractivity contribution in [1.82, 2.24) is 20.0 Å². The van der Waals surface area contributed by atoms with Gasteiger partial charge in [0.1, 0.15) is 0 Å². The first kappa shape index (κ1) is 15.1. The molecule has 3 amide bonds. The second-order valence-corrected chi connectivity index (χ2v) is 5.89. The summed E-state index contributed by atoms with van der Waals surface area (Å²) in [5.74, 6) is 0.252. The second kappa shape index (κ2) is 6.92. The lowest BCUT2D eigenvalue weighted by Crippen LogP contribution is -2.45. The molecule has 6 heteroatoms. The zero-order valence-corrected chi connectivity index (χ0v) is 12.6. The quantitative estimate of drug-likeness (QED) is 0.740. The number of likely N-dealkylation sites (tertiary alicyclic amines) is 2. The predicted molar refractivity (Wildman–Crippen MR) is 77.5 cm³/mol. The lowest BCUT2D eigenvalue weighted by Gasteiger charge is -2.25. The fourth-order valence-corrected chi connectivity index (χ4v) is 2.92. The third kappa shape index (κ3) is 3.85. The number of likely N-dealkylation sites (N-methyl/N-ethyl adjacent to an activating group) is 2. The first-order chi connectivity index (χ1) is 9.58. The van der Waals surface area contributed by atoms with Gasteiger partial charge in [-0.25, -0.2) is 4.79 Å². The number of urea groups is 1. The lowest BCUT2D eigenvalue weighted by molar-refractivity contribution is -0.127. The van der Waals surface area contributed by atoms with E-state index in [-0.39, 0.29) is 11.9 Å². The van der Waals surface area contributed by atoms with Crippen molar-refractivity contribution in [2.75, 3.05) is 46.8 Å². The average molecular weight is 282 g/mol. The maximum absolute atomic E-state index is 12.0. The van der Waals surface area contributed by atoms with Crippen LogP contribution in [0.4, 0.5) is 4.79 Å². The molecule has 6 nitrogen and oxygen atoms in total. The molecule has 2 rings (SSSR count). The van der Waals surface area contributed by atoms with E-state index in [0.29, 0.717) is 19.0 Å². The van der Waals surface area contributed by atoms with Crippen LogP contribution in [0.1, 0.15) is 25.7 Å². The van der Waals surface area contributed by atoms with Crippen molar-refractivity contribution in [1.29, 1.82) is 0 Å². The molecule has 1 atom stereocenters. The lowest BCUT2D eigenvalue weighted by atomic mass is 10.2. The molecule has 2 fully saturated rings. The molecule has 114 valence electrons. The molecule has 0 saturated carbocycles. The van der Waals surface area contributed by atoms with Gasteiger partial charge in [-0.3, -0.25) is 4.79 Å². The summed E-state index contributed by atoms with van der Waals surface area (Å²) in [6.45, 7) is 4.27. The van der Waals surface area contributed by atoms with E-state index in [4.69, 9.17) is 0 Å². The number of nitrogens with one attached hydrogen (secondary N) is 1. The first-order valence-electron chi connectivity index (χ1n) is 7.55. The van der Waals surface area contributed by atoms with Crippen molar-refractivity contribution in [2.24, 2.45) is 0 Å². The zero-order chi connectivity index (χ0) is 14.5. The summed E-state index contributed by atoms with van der Waals surface area (Å²) in [6, 6.07) is 0.318. The molecule has 2 saturated heterocycles. The zero-order valence-electron chi connectivity index (χ0n) is 12.6. The number of carbonyl (C=O) groups is 2. The number of rotatable bonds is 5. The van der Waals surface area contributed by atoms with E-state index in [1.807, 2.05) is 16.8 Å². The summed E-state index contributed by atoms with van der Waals surface area (Å²) < 4.78 is 0. The van der Waals surface area contributed by atoms with Gasteiger partial charge in [0.15, 0.2) is 0 Å². The van der Waals surface area contributed by atoms with Gasteiger partial charge in [-0.2, -0.15) is 0 Å². The third-order valence-corrected chi connectivity index (χ3v) is 4.29. The maximum Gasteiger partial charge on any atom is 0.317 e. The highest BCUT2D eigenvalue weighted by Crippen LogP contribution is 2.12. The van der Waals surface area contributed by atoms with Crippen molar-refractivity contribution < 1.29 is 9.59 Å². The molecule has 0 aromatic rings. The minimum absolute atomic E-state index is 0.00181. The molecule has 2 aliphatic rings. The van der Waals surface area contributed by atoms with E-state index in [2.05, 4.69) is 17.3 Å². The number of hydrogen-bond donors (Lipinski definition) is 1. The molecule has 0 aromatic heterocycles. The van der Waals surface area contributed by atoms with Crippen LogP contribution in [0.15, 0.2) is 0 Å². The van der Waals surface area contributed by atoms with Gasteiger partial charge in [0.25, 0.3) is 0 Å². The van der Waals surface area contributed by atoms with Crippen molar-refractivity contribution in [2.45, 2.75) is 31.7 Å². The Morgan fingerprint density at radius 3 is 2.85 bits per heavy atom. The molecule has 0 spiro atoms. The molecular weight excluding hydrogens is 256 g/mol. The van der Waals surface area contributed by atoms with Crippen LogP contribution in [-0.4, -0.2) is 79.5 Å². The van der Waals surface area contributed by atoms with Crippen LogP contribution in [-0.2, 0) is 4.79 Å². The minimum atomic E-state index is -0.00181. The molecule has 20 heavy (non-hydrogen) atoms. The van der Waals surface area contributed by atoms with E-state index < -0.39 is 0 Å². The van der Waals surface area contributed by atoms with Crippen molar-refractivity contribution >= 4 is 11.9 Å². The van der Waals surface area contributed by atoms with E-state index in [1.54, 1.807) is 0 Å². The SMILES string of the molecule is CN1CCC(N(C)C(=O)NCCCN2CCCC2=O)C1. The Labute approximate surface area is 121 Å². The number of amides is 3. The van der Waals surface area contributed by atoms with Gasteiger partial charge in [-0.05, 0) is 32.9 Å². The largest absolute Gasteiger partial charge is 0.343 e. The van der Waals surface area contributed by atoms with Crippen LogP contribution in [0.25, 0.3) is 0 Å². The molecule has 1 unspecified atom stereocenters. The van der Waals surface area contributed by atoms with Gasteiger partial charge in [0.05, 0.1) is 0 Å². The van der Waals surface area contributed by atoms with Crippen molar-refractivity contribution in [3.63, 3.8) is 0 Å². The third-order valence-electron chi connectivity index (χ3n) is 4.29. The van der Waals surface area contributed by atoms with Crippen LogP contribution in [0.3, 0.4) is 0 Å². The predicted octanol–water partition coefficient (Wildman–Crippen LogP) is 0.344. The standard InChI is InChI=1S/C14H26N4O2/c1-16-10-6-12(11-16)17(2)14(20)15-7-4-9-18-8-3-5-13(18)19/h12H,3-11H2,1-2H3,(H,15,20). The fourth-order valence-electron chi connectivity index (χ4n) is 2.92. The summed E-state index contributed by atoms with van der Waals surface area (Å²) in [6.07, 6.45) is 3.53. The summed E-state index contributed by atoms with van der Waals surface area (Å²) in [5, 5.41) is 2.94. The first-order valence-corrected chi connectivity index (χ1v) is 7.55. The summed E-state index contributed by atoms with van der Waals surface area (Å²) >= 11 is 0. The fraction of sp³-hybridized carbons (Fsp3) is 0.857. The van der Waals surface area contributed by atoms with Gasteiger partial charge in [-0.1, -0.05) is 0 Å². The van der Waals surface area contributed by atoms with Gasteiger partial charge in [-0.15, -0.1) is 0 Å². The normalized spacial score (nSPS) is 23.4. The van der Waals surface area contributed by atoms with Crippen LogP contribution in [0.5, 0.6) is 0 Å². The summed E-state index contributed by atoms with van der Waals surface area (Å²) in [4.78, 5) is 29.4. The summed E-state index contributed by atoms with van der Waals surface area (Å²) in [5.41, 5.74) is 0. The molecular formula is C14H26N4O2.